The molecule has 3 nitrogen and oxygen atoms in total. The molecule has 0 aromatic heterocycles. The van der Waals surface area contributed by atoms with Crippen LogP contribution in [0.1, 0.15) is 11.1 Å². The van der Waals surface area contributed by atoms with E-state index in [9.17, 15) is 0 Å². The van der Waals surface area contributed by atoms with Gasteiger partial charge in [0.1, 0.15) is 11.6 Å². The molecule has 0 saturated carbocycles. The molecule has 2 N–H and O–H groups in total. The van der Waals surface area contributed by atoms with Gasteiger partial charge in [-0.2, -0.15) is 0 Å². The van der Waals surface area contributed by atoms with Crippen molar-refractivity contribution in [3.63, 3.8) is 0 Å². The first-order valence-corrected chi connectivity index (χ1v) is 7.70. The van der Waals surface area contributed by atoms with Gasteiger partial charge in [-0.3, -0.25) is 0 Å². The van der Waals surface area contributed by atoms with Gasteiger partial charge in [0.2, 0.25) is 0 Å². The number of nitrogens with two attached hydrogens (primary N) is 1. The summed E-state index contributed by atoms with van der Waals surface area (Å²) in [7, 11) is 1.51. The fourth-order valence-corrected chi connectivity index (χ4v) is 2.64. The largest absolute Gasteiger partial charge is 0.493 e. The zero-order chi connectivity index (χ0) is 16.3. The Bertz CT molecular complexity index is 722. The second kappa shape index (κ2) is 7.38. The minimum absolute atomic E-state index is 0.221. The highest BCUT2D eigenvalue weighted by Crippen LogP contribution is 2.37. The van der Waals surface area contributed by atoms with Crippen molar-refractivity contribution in [1.29, 1.82) is 0 Å². The van der Waals surface area contributed by atoms with E-state index in [2.05, 4.69) is 0 Å². The normalized spacial score (nSPS) is 10.4. The molecule has 0 unspecified atom stereocenters. The SMILES string of the molecule is COc1cc(C(N)=S)cc(Cl)c1OCc1ccc(Cl)cc1Cl. The fraction of sp³-hybridized carbons (Fsp3) is 0.133. The quantitative estimate of drug-likeness (QED) is 0.756. The van der Waals surface area contributed by atoms with Gasteiger partial charge >= 0.3 is 0 Å². The van der Waals surface area contributed by atoms with Crippen molar-refractivity contribution in [2.75, 3.05) is 7.11 Å². The predicted molar refractivity (Wildman–Crippen MR) is 94.7 cm³/mol. The van der Waals surface area contributed by atoms with Crippen LogP contribution in [0.3, 0.4) is 0 Å². The molecule has 0 radical (unpaired) electrons. The maximum absolute atomic E-state index is 6.21. The zero-order valence-electron chi connectivity index (χ0n) is 11.5. The van der Waals surface area contributed by atoms with Crippen LogP contribution in [0.4, 0.5) is 0 Å². The number of ether oxygens (including phenoxy) is 2. The maximum atomic E-state index is 6.21. The summed E-state index contributed by atoms with van der Waals surface area (Å²) in [6, 6.07) is 8.48. The molecule has 0 heterocycles. The molecule has 2 aromatic carbocycles. The molecule has 22 heavy (non-hydrogen) atoms. The molecule has 0 saturated heterocycles. The zero-order valence-corrected chi connectivity index (χ0v) is 14.6. The third-order valence-electron chi connectivity index (χ3n) is 2.90. The van der Waals surface area contributed by atoms with E-state index in [0.29, 0.717) is 32.1 Å². The molecule has 0 atom stereocenters. The van der Waals surface area contributed by atoms with Gasteiger partial charge in [0, 0.05) is 21.2 Å². The van der Waals surface area contributed by atoms with E-state index in [-0.39, 0.29) is 11.6 Å². The predicted octanol–water partition coefficient (Wildman–Crippen LogP) is 4.87. The molecule has 2 rings (SSSR count). The molecule has 0 spiro atoms. The van der Waals surface area contributed by atoms with Gasteiger partial charge < -0.3 is 15.2 Å². The molecule has 7 heteroatoms. The van der Waals surface area contributed by atoms with Crippen molar-refractivity contribution < 1.29 is 9.47 Å². The van der Waals surface area contributed by atoms with Crippen molar-refractivity contribution in [3.05, 3.63) is 56.5 Å². The summed E-state index contributed by atoms with van der Waals surface area (Å²) in [5.41, 5.74) is 6.99. The van der Waals surface area contributed by atoms with E-state index in [1.54, 1.807) is 30.3 Å². The highest BCUT2D eigenvalue weighted by molar-refractivity contribution is 7.80. The lowest BCUT2D eigenvalue weighted by Gasteiger charge is -2.14. The summed E-state index contributed by atoms with van der Waals surface area (Å²) in [6.45, 7) is 0.221. The smallest absolute Gasteiger partial charge is 0.180 e. The van der Waals surface area contributed by atoms with Crippen LogP contribution >= 0.6 is 47.0 Å². The van der Waals surface area contributed by atoms with Crippen LogP contribution < -0.4 is 15.2 Å². The fourth-order valence-electron chi connectivity index (χ4n) is 1.79. The topological polar surface area (TPSA) is 44.5 Å². The molecule has 0 fully saturated rings. The number of rotatable bonds is 5. The highest BCUT2D eigenvalue weighted by Gasteiger charge is 2.14. The maximum Gasteiger partial charge on any atom is 0.180 e. The van der Waals surface area contributed by atoms with Crippen LogP contribution in [0, 0.1) is 0 Å². The number of benzene rings is 2. The van der Waals surface area contributed by atoms with Crippen molar-refractivity contribution in [2.45, 2.75) is 6.61 Å². The van der Waals surface area contributed by atoms with Gasteiger partial charge in [-0.25, -0.2) is 0 Å². The Morgan fingerprint density at radius 2 is 1.86 bits per heavy atom. The first-order valence-electron chi connectivity index (χ1n) is 6.16. The van der Waals surface area contributed by atoms with Crippen molar-refractivity contribution in [2.24, 2.45) is 5.73 Å². The van der Waals surface area contributed by atoms with Gasteiger partial charge in [-0.15, -0.1) is 0 Å². The van der Waals surface area contributed by atoms with E-state index >= 15 is 0 Å². The van der Waals surface area contributed by atoms with Crippen molar-refractivity contribution in [3.8, 4) is 11.5 Å². The van der Waals surface area contributed by atoms with Crippen LogP contribution in [0.5, 0.6) is 11.5 Å². The van der Waals surface area contributed by atoms with Gasteiger partial charge in [-0.1, -0.05) is 53.1 Å². The molecule has 0 bridgehead atoms. The van der Waals surface area contributed by atoms with Crippen LogP contribution in [0.15, 0.2) is 30.3 Å². The summed E-state index contributed by atoms with van der Waals surface area (Å²) in [5.74, 6) is 0.843. The van der Waals surface area contributed by atoms with E-state index in [1.807, 2.05) is 0 Å². The van der Waals surface area contributed by atoms with Gasteiger partial charge in [0.25, 0.3) is 0 Å². The van der Waals surface area contributed by atoms with Crippen molar-refractivity contribution in [1.82, 2.24) is 0 Å². The first-order chi connectivity index (χ1) is 10.4. The Morgan fingerprint density at radius 1 is 1.14 bits per heavy atom. The van der Waals surface area contributed by atoms with Gasteiger partial charge in [-0.05, 0) is 24.3 Å². The van der Waals surface area contributed by atoms with Gasteiger partial charge in [0.05, 0.1) is 12.1 Å². The Kier molecular flexibility index (Phi) is 5.75. The Morgan fingerprint density at radius 3 is 2.45 bits per heavy atom. The lowest BCUT2D eigenvalue weighted by atomic mass is 10.2. The molecule has 0 aliphatic rings. The minimum atomic E-state index is 0.221. The Balaban J connectivity index is 2.27. The second-order valence-corrected chi connectivity index (χ2v) is 6.07. The average Bonchev–Trinajstić information content (AvgIpc) is 2.46. The molecule has 116 valence electrons. The molecule has 2 aromatic rings. The third-order valence-corrected chi connectivity index (χ3v) is 4.00. The summed E-state index contributed by atoms with van der Waals surface area (Å²) in [4.78, 5) is 0.229. The molecular weight excluding hydrogens is 365 g/mol. The summed E-state index contributed by atoms with van der Waals surface area (Å²) < 4.78 is 11.0. The van der Waals surface area contributed by atoms with E-state index in [0.717, 1.165) is 5.56 Å². The molecule has 0 aliphatic heterocycles. The lowest BCUT2D eigenvalue weighted by Crippen LogP contribution is -2.10. The Hall–Kier alpha value is -1.20. The summed E-state index contributed by atoms with van der Waals surface area (Å²) in [6.07, 6.45) is 0. The van der Waals surface area contributed by atoms with Crippen molar-refractivity contribution >= 4 is 52.0 Å². The van der Waals surface area contributed by atoms with Gasteiger partial charge in [0.15, 0.2) is 11.5 Å². The summed E-state index contributed by atoms with van der Waals surface area (Å²) >= 11 is 23.1. The average molecular weight is 377 g/mol. The highest BCUT2D eigenvalue weighted by atomic mass is 35.5. The van der Waals surface area contributed by atoms with E-state index < -0.39 is 0 Å². The lowest BCUT2D eigenvalue weighted by molar-refractivity contribution is 0.285. The Labute approximate surface area is 148 Å². The van der Waals surface area contributed by atoms with Crippen LogP contribution in [-0.4, -0.2) is 12.1 Å². The molecule has 0 aliphatic carbocycles. The number of hydrogen-bond donors (Lipinski definition) is 1. The van der Waals surface area contributed by atoms with Crippen LogP contribution in [-0.2, 0) is 6.61 Å². The van der Waals surface area contributed by atoms with E-state index in [1.165, 1.54) is 7.11 Å². The third kappa shape index (κ3) is 3.96. The minimum Gasteiger partial charge on any atom is -0.493 e. The summed E-state index contributed by atoms with van der Waals surface area (Å²) in [5, 5.41) is 1.43. The number of thiocarbonyl (C=S) groups is 1. The number of methoxy groups -OCH3 is 1. The van der Waals surface area contributed by atoms with E-state index in [4.69, 9.17) is 62.2 Å². The van der Waals surface area contributed by atoms with Crippen LogP contribution in [0.2, 0.25) is 15.1 Å². The van der Waals surface area contributed by atoms with Crippen LogP contribution in [0.25, 0.3) is 0 Å². The molecule has 0 amide bonds. The number of hydrogen-bond acceptors (Lipinski definition) is 3. The standard InChI is InChI=1S/C15H12Cl3NO2S/c1-20-13-5-9(15(19)22)4-12(18)14(13)21-7-8-2-3-10(16)6-11(8)17/h2-6H,7H2,1H3,(H2,19,22). The number of halogens is 3. The monoisotopic (exact) mass is 375 g/mol. The molecular formula is C15H12Cl3NO2S. The first kappa shape index (κ1) is 17.2. The second-order valence-electron chi connectivity index (χ2n) is 4.38.